The number of nitrogens with zero attached hydrogens (tertiary/aromatic N) is 1. The van der Waals surface area contributed by atoms with E-state index in [1.807, 2.05) is 37.3 Å². The van der Waals surface area contributed by atoms with Crippen molar-refractivity contribution in [3.63, 3.8) is 0 Å². The SMILES string of the molecule is CC1CN(C(=O)C(C(N)=S)c2ccccc2)CC(CO)O1. The lowest BCUT2D eigenvalue weighted by Gasteiger charge is -2.37. The molecule has 3 N–H and O–H groups in total. The fourth-order valence-electron chi connectivity index (χ4n) is 2.58. The summed E-state index contributed by atoms with van der Waals surface area (Å²) < 4.78 is 5.55. The number of aliphatic hydroxyl groups excluding tert-OH is 1. The Hall–Kier alpha value is -1.50. The molecule has 2 rings (SSSR count). The highest BCUT2D eigenvalue weighted by Crippen LogP contribution is 2.22. The molecule has 0 aromatic heterocycles. The third kappa shape index (κ3) is 3.78. The summed E-state index contributed by atoms with van der Waals surface area (Å²) in [7, 11) is 0. The predicted molar refractivity (Wildman–Crippen MR) is 84.0 cm³/mol. The summed E-state index contributed by atoms with van der Waals surface area (Å²) in [4.78, 5) is 14.6. The van der Waals surface area contributed by atoms with E-state index in [-0.39, 0.29) is 29.7 Å². The van der Waals surface area contributed by atoms with E-state index in [9.17, 15) is 9.90 Å². The van der Waals surface area contributed by atoms with Gasteiger partial charge in [0.1, 0.15) is 5.92 Å². The van der Waals surface area contributed by atoms with Gasteiger partial charge >= 0.3 is 0 Å². The molecule has 0 aliphatic carbocycles. The van der Waals surface area contributed by atoms with Gasteiger partial charge in [-0.25, -0.2) is 0 Å². The van der Waals surface area contributed by atoms with Crippen molar-refractivity contribution in [3.8, 4) is 0 Å². The molecule has 3 unspecified atom stereocenters. The zero-order chi connectivity index (χ0) is 15.4. The lowest BCUT2D eigenvalue weighted by Crippen LogP contribution is -2.52. The van der Waals surface area contributed by atoms with E-state index in [1.54, 1.807) is 4.90 Å². The van der Waals surface area contributed by atoms with Crippen LogP contribution in [0.1, 0.15) is 18.4 Å². The second kappa shape index (κ2) is 6.98. The number of morpholine rings is 1. The Morgan fingerprint density at radius 3 is 2.71 bits per heavy atom. The number of amides is 1. The lowest BCUT2D eigenvalue weighted by atomic mass is 9.97. The lowest BCUT2D eigenvalue weighted by molar-refractivity contribution is -0.147. The van der Waals surface area contributed by atoms with Crippen LogP contribution in [0.3, 0.4) is 0 Å². The molecule has 0 spiro atoms. The number of aliphatic hydroxyl groups is 1. The Morgan fingerprint density at radius 1 is 1.48 bits per heavy atom. The first-order chi connectivity index (χ1) is 10.0. The Bertz CT molecular complexity index is 509. The minimum absolute atomic E-state index is 0.114. The zero-order valence-electron chi connectivity index (χ0n) is 11.9. The Kier molecular flexibility index (Phi) is 5.27. The van der Waals surface area contributed by atoms with Crippen LogP contribution >= 0.6 is 12.2 Å². The van der Waals surface area contributed by atoms with Crippen LogP contribution in [0, 0.1) is 0 Å². The molecule has 5 nitrogen and oxygen atoms in total. The van der Waals surface area contributed by atoms with Crippen LogP contribution in [0.15, 0.2) is 30.3 Å². The van der Waals surface area contributed by atoms with E-state index in [0.717, 1.165) is 5.56 Å². The molecule has 0 radical (unpaired) electrons. The smallest absolute Gasteiger partial charge is 0.237 e. The third-order valence-electron chi connectivity index (χ3n) is 3.51. The number of rotatable bonds is 4. The van der Waals surface area contributed by atoms with Gasteiger partial charge in [-0.3, -0.25) is 4.79 Å². The molecule has 114 valence electrons. The van der Waals surface area contributed by atoms with E-state index >= 15 is 0 Å². The summed E-state index contributed by atoms with van der Waals surface area (Å²) in [5.74, 6) is -0.770. The van der Waals surface area contributed by atoms with Crippen LogP contribution in [0.5, 0.6) is 0 Å². The molecular formula is C15H20N2O3S. The van der Waals surface area contributed by atoms with Gasteiger partial charge in [0.05, 0.1) is 23.8 Å². The van der Waals surface area contributed by atoms with Crippen LogP contribution in [-0.4, -0.2) is 52.8 Å². The number of carbonyl (C=O) groups is 1. The van der Waals surface area contributed by atoms with E-state index in [0.29, 0.717) is 13.1 Å². The van der Waals surface area contributed by atoms with E-state index in [2.05, 4.69) is 0 Å². The topological polar surface area (TPSA) is 75.8 Å². The molecule has 6 heteroatoms. The summed E-state index contributed by atoms with van der Waals surface area (Å²) in [5, 5.41) is 9.26. The highest BCUT2D eigenvalue weighted by Gasteiger charge is 2.33. The molecule has 1 aromatic rings. The first-order valence-electron chi connectivity index (χ1n) is 6.92. The van der Waals surface area contributed by atoms with Gasteiger partial charge in [0, 0.05) is 13.1 Å². The Labute approximate surface area is 129 Å². The number of nitrogens with two attached hydrogens (primary N) is 1. The average Bonchev–Trinajstić information content (AvgIpc) is 2.47. The molecule has 3 atom stereocenters. The van der Waals surface area contributed by atoms with Crippen LogP contribution < -0.4 is 5.73 Å². The maximum Gasteiger partial charge on any atom is 0.237 e. The van der Waals surface area contributed by atoms with Crippen molar-refractivity contribution in [2.45, 2.75) is 25.0 Å². The van der Waals surface area contributed by atoms with Crippen molar-refractivity contribution in [1.82, 2.24) is 4.90 Å². The zero-order valence-corrected chi connectivity index (χ0v) is 12.8. The van der Waals surface area contributed by atoms with Gasteiger partial charge in [-0.15, -0.1) is 0 Å². The van der Waals surface area contributed by atoms with Crippen LogP contribution in [0.4, 0.5) is 0 Å². The summed E-state index contributed by atoms with van der Waals surface area (Å²) in [5.41, 5.74) is 6.57. The van der Waals surface area contributed by atoms with E-state index in [4.69, 9.17) is 22.7 Å². The van der Waals surface area contributed by atoms with Gasteiger partial charge in [0.15, 0.2) is 0 Å². The van der Waals surface area contributed by atoms with Crippen molar-refractivity contribution in [2.24, 2.45) is 5.73 Å². The molecule has 1 aliphatic heterocycles. The molecule has 1 aromatic carbocycles. The van der Waals surface area contributed by atoms with Gasteiger partial charge in [0.25, 0.3) is 0 Å². The predicted octanol–water partition coefficient (Wildman–Crippen LogP) is 0.665. The first-order valence-corrected chi connectivity index (χ1v) is 7.33. The fraction of sp³-hybridized carbons (Fsp3) is 0.467. The monoisotopic (exact) mass is 308 g/mol. The number of thiocarbonyl (C=S) groups is 1. The summed E-state index contributed by atoms with van der Waals surface area (Å²) >= 11 is 5.08. The minimum Gasteiger partial charge on any atom is -0.394 e. The van der Waals surface area contributed by atoms with Crippen molar-refractivity contribution in [1.29, 1.82) is 0 Å². The molecule has 1 saturated heterocycles. The number of carbonyl (C=O) groups excluding carboxylic acids is 1. The second-order valence-electron chi connectivity index (χ2n) is 5.24. The van der Waals surface area contributed by atoms with Crippen molar-refractivity contribution in [2.75, 3.05) is 19.7 Å². The van der Waals surface area contributed by atoms with E-state index in [1.165, 1.54) is 0 Å². The molecule has 1 heterocycles. The van der Waals surface area contributed by atoms with Crippen molar-refractivity contribution in [3.05, 3.63) is 35.9 Å². The molecule has 21 heavy (non-hydrogen) atoms. The van der Waals surface area contributed by atoms with Crippen LogP contribution in [0.2, 0.25) is 0 Å². The second-order valence-corrected chi connectivity index (χ2v) is 5.71. The molecule has 1 aliphatic rings. The van der Waals surface area contributed by atoms with Gasteiger partial charge < -0.3 is 20.5 Å². The first kappa shape index (κ1) is 15.9. The maximum absolute atomic E-state index is 12.8. The number of ether oxygens (including phenoxy) is 1. The average molecular weight is 308 g/mol. The summed E-state index contributed by atoms with van der Waals surface area (Å²) in [6, 6.07) is 9.27. The number of benzene rings is 1. The summed E-state index contributed by atoms with van der Waals surface area (Å²) in [6.07, 6.45) is -0.483. The molecule has 1 fully saturated rings. The standard InChI is InChI=1S/C15H20N2O3S/c1-10-7-17(8-12(9-18)20-10)15(19)13(14(16)21)11-5-3-2-4-6-11/h2-6,10,12-13,18H,7-9H2,1H3,(H2,16,21). The Morgan fingerprint density at radius 2 is 2.14 bits per heavy atom. The van der Waals surface area contributed by atoms with Gasteiger partial charge in [-0.2, -0.15) is 0 Å². The Balaban J connectivity index is 2.21. The molecule has 0 saturated carbocycles. The van der Waals surface area contributed by atoms with Gasteiger partial charge in [0.2, 0.25) is 5.91 Å². The van der Waals surface area contributed by atoms with E-state index < -0.39 is 5.92 Å². The molecule has 0 bridgehead atoms. The van der Waals surface area contributed by atoms with Crippen LogP contribution in [0.25, 0.3) is 0 Å². The van der Waals surface area contributed by atoms with Gasteiger partial charge in [-0.1, -0.05) is 42.5 Å². The highest BCUT2D eigenvalue weighted by molar-refractivity contribution is 7.80. The number of hydrogen-bond donors (Lipinski definition) is 2. The third-order valence-corrected chi connectivity index (χ3v) is 3.74. The fourth-order valence-corrected chi connectivity index (χ4v) is 2.82. The van der Waals surface area contributed by atoms with Crippen molar-refractivity contribution >= 4 is 23.1 Å². The van der Waals surface area contributed by atoms with Gasteiger partial charge in [-0.05, 0) is 12.5 Å². The minimum atomic E-state index is -0.633. The maximum atomic E-state index is 12.8. The normalized spacial score (nSPS) is 23.6. The van der Waals surface area contributed by atoms with Crippen molar-refractivity contribution < 1.29 is 14.6 Å². The van der Waals surface area contributed by atoms with Crippen LogP contribution in [-0.2, 0) is 9.53 Å². The number of hydrogen-bond acceptors (Lipinski definition) is 4. The quantitative estimate of drug-likeness (QED) is 0.800. The summed E-state index contributed by atoms with van der Waals surface area (Å²) in [6.45, 7) is 2.59. The molecule has 1 amide bonds. The highest BCUT2D eigenvalue weighted by atomic mass is 32.1. The largest absolute Gasteiger partial charge is 0.394 e. The molecular weight excluding hydrogens is 288 g/mol.